The Morgan fingerprint density at radius 3 is 2.58 bits per heavy atom. The number of carboxylic acids is 1. The fraction of sp³-hybridized carbons (Fsp3) is 0.0714. The van der Waals surface area contributed by atoms with Crippen molar-refractivity contribution < 1.29 is 24.1 Å². The molecule has 5 heteroatoms. The largest absolute Gasteiger partial charge is 0.504 e. The van der Waals surface area contributed by atoms with Gasteiger partial charge in [-0.25, -0.2) is 9.18 Å². The topological polar surface area (TPSA) is 66.8 Å². The molecule has 19 heavy (non-hydrogen) atoms. The summed E-state index contributed by atoms with van der Waals surface area (Å²) in [6.07, 6.45) is 0. The predicted octanol–water partition coefficient (Wildman–Crippen LogP) is 2.81. The standard InChI is InChI=1S/C14H11FO4/c15-11-7-9(14(17)18)5-6-10(11)8-19-13-4-2-1-3-12(13)16/h1-7,16H,8H2,(H,17,18). The number of hydrogen-bond acceptors (Lipinski definition) is 3. The van der Waals surface area contributed by atoms with Gasteiger partial charge in [0.25, 0.3) is 0 Å². The molecule has 0 aromatic heterocycles. The van der Waals surface area contributed by atoms with E-state index in [9.17, 15) is 14.3 Å². The Balaban J connectivity index is 2.12. The molecule has 0 bridgehead atoms. The summed E-state index contributed by atoms with van der Waals surface area (Å²) >= 11 is 0. The molecule has 0 aliphatic carbocycles. The number of hydrogen-bond donors (Lipinski definition) is 2. The number of phenols is 1. The van der Waals surface area contributed by atoms with E-state index in [1.807, 2.05) is 0 Å². The molecule has 2 aromatic rings. The number of phenolic OH excluding ortho intramolecular Hbond substituents is 1. The summed E-state index contributed by atoms with van der Waals surface area (Å²) < 4.78 is 18.9. The predicted molar refractivity (Wildman–Crippen MR) is 65.8 cm³/mol. The molecule has 0 saturated heterocycles. The minimum Gasteiger partial charge on any atom is -0.504 e. The van der Waals surface area contributed by atoms with E-state index >= 15 is 0 Å². The Morgan fingerprint density at radius 2 is 1.95 bits per heavy atom. The van der Waals surface area contributed by atoms with E-state index in [0.29, 0.717) is 0 Å². The van der Waals surface area contributed by atoms with Crippen molar-refractivity contribution in [2.24, 2.45) is 0 Å². The van der Waals surface area contributed by atoms with Crippen LogP contribution < -0.4 is 4.74 Å². The van der Waals surface area contributed by atoms with E-state index in [2.05, 4.69) is 0 Å². The second-order valence-corrected chi connectivity index (χ2v) is 3.87. The molecular weight excluding hydrogens is 251 g/mol. The van der Waals surface area contributed by atoms with Crippen molar-refractivity contribution in [2.75, 3.05) is 0 Å². The fourth-order valence-electron chi connectivity index (χ4n) is 1.53. The summed E-state index contributed by atoms with van der Waals surface area (Å²) in [6.45, 7) is -0.0939. The second kappa shape index (κ2) is 5.39. The van der Waals surface area contributed by atoms with Gasteiger partial charge in [0, 0.05) is 5.56 Å². The average molecular weight is 262 g/mol. The lowest BCUT2D eigenvalue weighted by Gasteiger charge is -2.08. The fourth-order valence-corrected chi connectivity index (χ4v) is 1.53. The number of aromatic carboxylic acids is 1. The van der Waals surface area contributed by atoms with Crippen molar-refractivity contribution in [2.45, 2.75) is 6.61 Å². The molecule has 98 valence electrons. The van der Waals surface area contributed by atoms with Gasteiger partial charge in [0.1, 0.15) is 12.4 Å². The van der Waals surface area contributed by atoms with Crippen LogP contribution in [0.15, 0.2) is 42.5 Å². The molecule has 0 saturated carbocycles. The van der Waals surface area contributed by atoms with Gasteiger partial charge in [0.2, 0.25) is 0 Å². The van der Waals surface area contributed by atoms with Crippen LogP contribution in [0.1, 0.15) is 15.9 Å². The van der Waals surface area contributed by atoms with Crippen molar-refractivity contribution in [3.05, 3.63) is 59.4 Å². The first-order chi connectivity index (χ1) is 9.08. The van der Waals surface area contributed by atoms with Gasteiger partial charge in [0.05, 0.1) is 5.56 Å². The number of rotatable bonds is 4. The summed E-state index contributed by atoms with van der Waals surface area (Å²) in [6, 6.07) is 9.92. The summed E-state index contributed by atoms with van der Waals surface area (Å²) in [7, 11) is 0. The number of benzene rings is 2. The lowest BCUT2D eigenvalue weighted by atomic mass is 10.1. The highest BCUT2D eigenvalue weighted by molar-refractivity contribution is 5.87. The van der Waals surface area contributed by atoms with Crippen molar-refractivity contribution in [3.63, 3.8) is 0 Å². The maximum absolute atomic E-state index is 13.6. The normalized spacial score (nSPS) is 10.2. The van der Waals surface area contributed by atoms with Gasteiger partial charge in [0.15, 0.2) is 11.5 Å². The van der Waals surface area contributed by atoms with E-state index in [0.717, 1.165) is 6.07 Å². The first-order valence-electron chi connectivity index (χ1n) is 5.50. The van der Waals surface area contributed by atoms with Gasteiger partial charge in [-0.1, -0.05) is 18.2 Å². The van der Waals surface area contributed by atoms with Gasteiger partial charge in [-0.3, -0.25) is 0 Å². The molecule has 0 amide bonds. The van der Waals surface area contributed by atoms with Crippen molar-refractivity contribution in [1.82, 2.24) is 0 Å². The number of halogens is 1. The number of ether oxygens (including phenoxy) is 1. The lowest BCUT2D eigenvalue weighted by Crippen LogP contribution is -2.02. The zero-order chi connectivity index (χ0) is 13.8. The molecule has 0 aliphatic rings. The van der Waals surface area contributed by atoms with Gasteiger partial charge in [-0.2, -0.15) is 0 Å². The molecular formula is C14H11FO4. The van der Waals surface area contributed by atoms with Crippen LogP contribution in [0.25, 0.3) is 0 Å². The maximum atomic E-state index is 13.6. The third kappa shape index (κ3) is 3.01. The molecule has 0 fully saturated rings. The zero-order valence-electron chi connectivity index (χ0n) is 9.84. The van der Waals surface area contributed by atoms with Gasteiger partial charge >= 0.3 is 5.97 Å². The molecule has 0 atom stereocenters. The minimum absolute atomic E-state index is 0.0370. The van der Waals surface area contributed by atoms with Crippen molar-refractivity contribution in [1.29, 1.82) is 0 Å². The van der Waals surface area contributed by atoms with Crippen LogP contribution in [0.5, 0.6) is 11.5 Å². The molecule has 2 aromatic carbocycles. The van der Waals surface area contributed by atoms with E-state index in [1.165, 1.54) is 18.2 Å². The molecule has 4 nitrogen and oxygen atoms in total. The van der Waals surface area contributed by atoms with Crippen LogP contribution in [0.4, 0.5) is 4.39 Å². The van der Waals surface area contributed by atoms with Crippen LogP contribution in [0.2, 0.25) is 0 Å². The van der Waals surface area contributed by atoms with Crippen LogP contribution in [0.3, 0.4) is 0 Å². The zero-order valence-corrected chi connectivity index (χ0v) is 9.84. The highest BCUT2D eigenvalue weighted by Gasteiger charge is 2.09. The third-order valence-corrected chi connectivity index (χ3v) is 2.55. The van der Waals surface area contributed by atoms with Crippen LogP contribution in [0, 0.1) is 5.82 Å². The molecule has 2 rings (SSSR count). The number of aromatic hydroxyl groups is 1. The SMILES string of the molecule is O=C(O)c1ccc(COc2ccccc2O)c(F)c1. The van der Waals surface area contributed by atoms with Crippen LogP contribution in [-0.4, -0.2) is 16.2 Å². The Kier molecular flexibility index (Phi) is 3.66. The smallest absolute Gasteiger partial charge is 0.335 e. The van der Waals surface area contributed by atoms with E-state index < -0.39 is 11.8 Å². The number of para-hydroxylation sites is 2. The highest BCUT2D eigenvalue weighted by Crippen LogP contribution is 2.25. The van der Waals surface area contributed by atoms with E-state index in [-0.39, 0.29) is 29.2 Å². The second-order valence-electron chi connectivity index (χ2n) is 3.87. The van der Waals surface area contributed by atoms with Gasteiger partial charge in [-0.05, 0) is 24.3 Å². The first kappa shape index (κ1) is 12.9. The molecule has 0 spiro atoms. The third-order valence-electron chi connectivity index (χ3n) is 2.55. The average Bonchev–Trinajstić information content (AvgIpc) is 2.39. The molecule has 2 N–H and O–H groups in total. The molecule has 0 heterocycles. The Labute approximate surface area is 108 Å². The van der Waals surface area contributed by atoms with Gasteiger partial charge in [-0.15, -0.1) is 0 Å². The van der Waals surface area contributed by atoms with E-state index in [4.69, 9.17) is 9.84 Å². The van der Waals surface area contributed by atoms with E-state index in [1.54, 1.807) is 18.2 Å². The van der Waals surface area contributed by atoms with Crippen LogP contribution >= 0.6 is 0 Å². The summed E-state index contributed by atoms with van der Waals surface area (Å²) in [4.78, 5) is 10.7. The van der Waals surface area contributed by atoms with Crippen molar-refractivity contribution >= 4 is 5.97 Å². The minimum atomic E-state index is -1.19. The Morgan fingerprint density at radius 1 is 1.21 bits per heavy atom. The number of carbonyl (C=O) groups is 1. The van der Waals surface area contributed by atoms with Crippen LogP contribution in [-0.2, 0) is 6.61 Å². The quantitative estimate of drug-likeness (QED) is 0.889. The molecule has 0 unspecified atom stereocenters. The molecule has 0 radical (unpaired) electrons. The molecule has 0 aliphatic heterocycles. The summed E-state index contributed by atoms with van der Waals surface area (Å²) in [5.41, 5.74) is 0.0945. The summed E-state index contributed by atoms with van der Waals surface area (Å²) in [5, 5.41) is 18.2. The Hall–Kier alpha value is -2.56. The highest BCUT2D eigenvalue weighted by atomic mass is 19.1. The van der Waals surface area contributed by atoms with Crippen molar-refractivity contribution in [3.8, 4) is 11.5 Å². The maximum Gasteiger partial charge on any atom is 0.335 e. The lowest BCUT2D eigenvalue weighted by molar-refractivity contribution is 0.0696. The van der Waals surface area contributed by atoms with Gasteiger partial charge < -0.3 is 14.9 Å². The summed E-state index contributed by atoms with van der Waals surface area (Å²) in [5.74, 6) is -1.64. The Bertz CT molecular complexity index is 610. The number of carboxylic acid groups (broad SMARTS) is 1. The monoisotopic (exact) mass is 262 g/mol. The first-order valence-corrected chi connectivity index (χ1v) is 5.50.